The molecule has 4 heterocycles. The number of pyridine rings is 1. The SMILES string of the molecule is CC(=O)C1CN(c2ncc(N3CC[C@@H](Oc4ccc(OCC(C)(F)F)nc4)C3=O)cn2)C1. The molecule has 2 fully saturated rings. The molecule has 0 spiro atoms. The molecule has 2 aliphatic rings. The van der Waals surface area contributed by atoms with Crippen molar-refractivity contribution >= 4 is 23.3 Å². The average Bonchev–Trinajstić information content (AvgIpc) is 3.06. The van der Waals surface area contributed by atoms with Crippen LogP contribution < -0.4 is 19.3 Å². The second-order valence-electron chi connectivity index (χ2n) is 8.03. The predicted molar refractivity (Wildman–Crippen MR) is 110 cm³/mol. The summed E-state index contributed by atoms with van der Waals surface area (Å²) in [5, 5.41) is 0. The Hall–Kier alpha value is -3.37. The molecule has 2 saturated heterocycles. The third-order valence-electron chi connectivity index (χ3n) is 5.29. The van der Waals surface area contributed by atoms with E-state index < -0.39 is 18.6 Å². The van der Waals surface area contributed by atoms with Gasteiger partial charge in [0.1, 0.15) is 11.5 Å². The van der Waals surface area contributed by atoms with Crippen molar-refractivity contribution in [3.05, 3.63) is 30.7 Å². The van der Waals surface area contributed by atoms with Crippen LogP contribution in [0.15, 0.2) is 30.7 Å². The zero-order valence-electron chi connectivity index (χ0n) is 17.7. The van der Waals surface area contributed by atoms with E-state index in [0.717, 1.165) is 6.92 Å². The standard InChI is InChI=1S/C21H23F2N5O4/c1-13(29)14-10-27(11-14)20-25-7-15(8-26-20)28-6-5-17(19(28)30)32-16-3-4-18(24-9-16)31-12-21(2,22)23/h3-4,7-9,14,17H,5-6,10-12H2,1-2H3/t17-/m1/s1. The number of nitrogens with zero attached hydrogens (tertiary/aromatic N) is 5. The minimum Gasteiger partial charge on any atom is -0.479 e. The van der Waals surface area contributed by atoms with Crippen LogP contribution in [-0.2, 0) is 9.59 Å². The Morgan fingerprint density at radius 2 is 1.91 bits per heavy atom. The van der Waals surface area contributed by atoms with Crippen molar-refractivity contribution < 1.29 is 27.8 Å². The molecule has 1 amide bonds. The molecule has 11 heteroatoms. The third-order valence-corrected chi connectivity index (χ3v) is 5.29. The smallest absolute Gasteiger partial charge is 0.278 e. The number of hydrogen-bond acceptors (Lipinski definition) is 8. The second kappa shape index (κ2) is 8.64. The van der Waals surface area contributed by atoms with Gasteiger partial charge in [-0.3, -0.25) is 9.59 Å². The lowest BCUT2D eigenvalue weighted by Crippen LogP contribution is -2.50. The minimum absolute atomic E-state index is 0.0269. The first-order chi connectivity index (χ1) is 15.2. The van der Waals surface area contributed by atoms with Gasteiger partial charge in [0, 0.05) is 39.0 Å². The van der Waals surface area contributed by atoms with Gasteiger partial charge in [-0.25, -0.2) is 23.7 Å². The van der Waals surface area contributed by atoms with Crippen LogP contribution in [0.2, 0.25) is 0 Å². The lowest BCUT2D eigenvalue weighted by Gasteiger charge is -2.37. The molecule has 32 heavy (non-hydrogen) atoms. The van der Waals surface area contributed by atoms with Gasteiger partial charge in [0.15, 0.2) is 12.7 Å². The number of carbonyl (C=O) groups excluding carboxylic acids is 2. The van der Waals surface area contributed by atoms with Crippen molar-refractivity contribution in [3.8, 4) is 11.6 Å². The Morgan fingerprint density at radius 3 is 2.50 bits per heavy atom. The molecular formula is C21H23F2N5O4. The molecule has 0 unspecified atom stereocenters. The van der Waals surface area contributed by atoms with E-state index in [-0.39, 0.29) is 23.5 Å². The molecule has 4 rings (SSSR count). The third kappa shape index (κ3) is 4.92. The highest BCUT2D eigenvalue weighted by molar-refractivity contribution is 5.98. The fraction of sp³-hybridized carbons (Fsp3) is 0.476. The minimum atomic E-state index is -2.95. The lowest BCUT2D eigenvalue weighted by atomic mass is 9.97. The maximum atomic E-state index is 12.9. The molecule has 170 valence electrons. The van der Waals surface area contributed by atoms with Crippen molar-refractivity contribution in [2.75, 3.05) is 36.0 Å². The number of amides is 1. The molecule has 0 N–H and O–H groups in total. The van der Waals surface area contributed by atoms with E-state index >= 15 is 0 Å². The zero-order chi connectivity index (χ0) is 22.9. The van der Waals surface area contributed by atoms with Crippen LogP contribution in [0.4, 0.5) is 20.4 Å². The molecular weight excluding hydrogens is 424 g/mol. The predicted octanol–water partition coefficient (Wildman–Crippen LogP) is 2.12. The number of ether oxygens (including phenoxy) is 2. The number of anilines is 2. The molecule has 1 atom stereocenters. The normalized spacial score (nSPS) is 19.1. The Labute approximate surface area is 183 Å². The van der Waals surface area contributed by atoms with E-state index in [1.165, 1.54) is 18.3 Å². The van der Waals surface area contributed by atoms with Gasteiger partial charge in [-0.05, 0) is 13.0 Å². The van der Waals surface area contributed by atoms with Crippen molar-refractivity contribution in [3.63, 3.8) is 0 Å². The second-order valence-corrected chi connectivity index (χ2v) is 8.03. The zero-order valence-corrected chi connectivity index (χ0v) is 17.7. The van der Waals surface area contributed by atoms with Gasteiger partial charge in [0.25, 0.3) is 11.8 Å². The Kier molecular flexibility index (Phi) is 5.90. The van der Waals surface area contributed by atoms with Crippen molar-refractivity contribution in [1.29, 1.82) is 0 Å². The van der Waals surface area contributed by atoms with Crippen LogP contribution in [0.3, 0.4) is 0 Å². The first kappa shape index (κ1) is 21.8. The van der Waals surface area contributed by atoms with Crippen molar-refractivity contribution in [2.24, 2.45) is 5.92 Å². The number of rotatable bonds is 8. The maximum absolute atomic E-state index is 12.9. The fourth-order valence-electron chi connectivity index (χ4n) is 3.42. The highest BCUT2D eigenvalue weighted by Crippen LogP contribution is 2.27. The van der Waals surface area contributed by atoms with Crippen LogP contribution in [-0.4, -0.2) is 64.9 Å². The van der Waals surface area contributed by atoms with Crippen LogP contribution in [0.5, 0.6) is 11.6 Å². The van der Waals surface area contributed by atoms with Gasteiger partial charge in [0.2, 0.25) is 11.8 Å². The van der Waals surface area contributed by atoms with Gasteiger partial charge in [-0.1, -0.05) is 0 Å². The van der Waals surface area contributed by atoms with E-state index in [2.05, 4.69) is 15.0 Å². The Morgan fingerprint density at radius 1 is 1.19 bits per heavy atom. The first-order valence-corrected chi connectivity index (χ1v) is 10.2. The molecule has 2 aliphatic heterocycles. The summed E-state index contributed by atoms with van der Waals surface area (Å²) in [5.74, 6) is -2.08. The maximum Gasteiger partial charge on any atom is 0.278 e. The summed E-state index contributed by atoms with van der Waals surface area (Å²) in [6, 6.07) is 2.93. The molecule has 0 aliphatic carbocycles. The van der Waals surface area contributed by atoms with E-state index in [0.29, 0.717) is 43.4 Å². The molecule has 9 nitrogen and oxygen atoms in total. The molecule has 2 aromatic heterocycles. The summed E-state index contributed by atoms with van der Waals surface area (Å²) in [7, 11) is 0. The number of halogens is 2. The topological polar surface area (TPSA) is 97.8 Å². The number of alkyl halides is 2. The monoisotopic (exact) mass is 447 g/mol. The summed E-state index contributed by atoms with van der Waals surface area (Å²) in [4.78, 5) is 40.1. The van der Waals surface area contributed by atoms with E-state index in [1.54, 1.807) is 24.2 Å². The van der Waals surface area contributed by atoms with Gasteiger partial charge in [-0.2, -0.15) is 0 Å². The molecule has 0 radical (unpaired) electrons. The van der Waals surface area contributed by atoms with Gasteiger partial charge in [0.05, 0.1) is 30.2 Å². The summed E-state index contributed by atoms with van der Waals surface area (Å²) in [6.45, 7) is 3.22. The fourth-order valence-corrected chi connectivity index (χ4v) is 3.42. The molecule has 2 aromatic rings. The summed E-state index contributed by atoms with van der Waals surface area (Å²) in [6.07, 6.45) is 4.27. The van der Waals surface area contributed by atoms with E-state index in [1.807, 2.05) is 4.90 Å². The summed E-state index contributed by atoms with van der Waals surface area (Å²) in [5.41, 5.74) is 0.566. The highest BCUT2D eigenvalue weighted by atomic mass is 19.3. The van der Waals surface area contributed by atoms with Crippen LogP contribution in [0.1, 0.15) is 20.3 Å². The van der Waals surface area contributed by atoms with E-state index in [4.69, 9.17) is 9.47 Å². The van der Waals surface area contributed by atoms with Gasteiger partial charge in [-0.15, -0.1) is 0 Å². The molecule has 0 bridgehead atoms. The lowest BCUT2D eigenvalue weighted by molar-refractivity contribution is -0.123. The quantitative estimate of drug-likeness (QED) is 0.607. The van der Waals surface area contributed by atoms with E-state index in [9.17, 15) is 18.4 Å². The first-order valence-electron chi connectivity index (χ1n) is 10.2. The highest BCUT2D eigenvalue weighted by Gasteiger charge is 2.36. The summed E-state index contributed by atoms with van der Waals surface area (Å²) >= 11 is 0. The average molecular weight is 447 g/mol. The largest absolute Gasteiger partial charge is 0.479 e. The van der Waals surface area contributed by atoms with Crippen molar-refractivity contribution in [2.45, 2.75) is 32.3 Å². The number of ketones is 1. The number of Topliss-reactive ketones (excluding diaryl/α,β-unsaturated/α-hetero) is 1. The Bertz CT molecular complexity index is 975. The van der Waals surface area contributed by atoms with Crippen LogP contribution >= 0.6 is 0 Å². The molecule has 0 aromatic carbocycles. The number of carbonyl (C=O) groups is 2. The van der Waals surface area contributed by atoms with Gasteiger partial charge >= 0.3 is 0 Å². The molecule has 0 saturated carbocycles. The van der Waals surface area contributed by atoms with Crippen molar-refractivity contribution in [1.82, 2.24) is 15.0 Å². The Balaban J connectivity index is 1.31. The number of aromatic nitrogens is 3. The number of hydrogen-bond donors (Lipinski definition) is 0. The van der Waals surface area contributed by atoms with Crippen LogP contribution in [0, 0.1) is 5.92 Å². The van der Waals surface area contributed by atoms with Gasteiger partial charge < -0.3 is 19.3 Å². The van der Waals surface area contributed by atoms with Crippen LogP contribution in [0.25, 0.3) is 0 Å². The summed E-state index contributed by atoms with van der Waals surface area (Å²) < 4.78 is 36.4.